The van der Waals surface area contributed by atoms with Crippen molar-refractivity contribution in [1.29, 1.82) is 0 Å². The van der Waals surface area contributed by atoms with Crippen molar-refractivity contribution in [2.45, 2.75) is 18.9 Å². The standard InChI is InChI=1S/C16H14ClN3O/c17-11-2-1-3-13-15(11)20(10-5-6-10)16(19-13)9-4-7-12(18)14(21)8-9/h1-4,7-8,10,21H,5-6,18H2. The molecule has 4 nitrogen and oxygen atoms in total. The summed E-state index contributed by atoms with van der Waals surface area (Å²) >= 11 is 6.36. The Hall–Kier alpha value is -2.20. The van der Waals surface area contributed by atoms with Gasteiger partial charge < -0.3 is 15.4 Å². The van der Waals surface area contributed by atoms with Crippen molar-refractivity contribution in [3.8, 4) is 17.1 Å². The summed E-state index contributed by atoms with van der Waals surface area (Å²) < 4.78 is 2.18. The highest BCUT2D eigenvalue weighted by molar-refractivity contribution is 6.35. The van der Waals surface area contributed by atoms with E-state index < -0.39 is 0 Å². The Morgan fingerprint density at radius 2 is 2.05 bits per heavy atom. The average Bonchev–Trinajstić information content (AvgIpc) is 3.22. The van der Waals surface area contributed by atoms with E-state index in [2.05, 4.69) is 4.57 Å². The summed E-state index contributed by atoms with van der Waals surface area (Å²) in [7, 11) is 0. The number of anilines is 1. The summed E-state index contributed by atoms with van der Waals surface area (Å²) in [5, 5.41) is 10.6. The number of phenols is 1. The first-order valence-electron chi connectivity index (χ1n) is 6.90. The Balaban J connectivity index is 2.01. The SMILES string of the molecule is Nc1ccc(-c2nc3cccc(Cl)c3n2C2CC2)cc1O. The second-order valence-corrected chi connectivity index (χ2v) is 5.82. The molecule has 2 aromatic carbocycles. The van der Waals surface area contributed by atoms with Gasteiger partial charge in [-0.1, -0.05) is 17.7 Å². The number of fused-ring (bicyclic) bond motifs is 1. The van der Waals surface area contributed by atoms with Gasteiger partial charge in [0.1, 0.15) is 11.6 Å². The maximum atomic E-state index is 9.85. The molecule has 3 aromatic rings. The monoisotopic (exact) mass is 299 g/mol. The number of nitrogen functional groups attached to an aromatic ring is 1. The quantitative estimate of drug-likeness (QED) is 0.556. The van der Waals surface area contributed by atoms with Crippen LogP contribution in [0.2, 0.25) is 5.02 Å². The van der Waals surface area contributed by atoms with Crippen LogP contribution in [0.25, 0.3) is 22.4 Å². The van der Waals surface area contributed by atoms with E-state index in [0.717, 1.165) is 35.3 Å². The number of aromatic nitrogens is 2. The van der Waals surface area contributed by atoms with E-state index in [-0.39, 0.29) is 5.75 Å². The molecule has 4 rings (SSSR count). The van der Waals surface area contributed by atoms with Gasteiger partial charge in [-0.25, -0.2) is 4.98 Å². The van der Waals surface area contributed by atoms with Crippen LogP contribution in [-0.2, 0) is 0 Å². The third kappa shape index (κ3) is 1.94. The molecule has 106 valence electrons. The number of halogens is 1. The van der Waals surface area contributed by atoms with Crippen molar-refractivity contribution in [3.05, 3.63) is 41.4 Å². The van der Waals surface area contributed by atoms with Gasteiger partial charge in [0.15, 0.2) is 0 Å². The molecule has 0 atom stereocenters. The number of imidazole rings is 1. The van der Waals surface area contributed by atoms with E-state index in [4.69, 9.17) is 22.3 Å². The highest BCUT2D eigenvalue weighted by Gasteiger charge is 2.29. The van der Waals surface area contributed by atoms with Crippen LogP contribution in [0.1, 0.15) is 18.9 Å². The predicted molar refractivity (Wildman–Crippen MR) is 84.5 cm³/mol. The van der Waals surface area contributed by atoms with Crippen LogP contribution in [0.15, 0.2) is 36.4 Å². The number of para-hydroxylation sites is 1. The minimum absolute atomic E-state index is 0.0769. The summed E-state index contributed by atoms with van der Waals surface area (Å²) in [6.45, 7) is 0. The van der Waals surface area contributed by atoms with Gasteiger partial charge in [-0.05, 0) is 43.2 Å². The normalized spacial score (nSPS) is 14.7. The smallest absolute Gasteiger partial charge is 0.141 e. The topological polar surface area (TPSA) is 64.1 Å². The van der Waals surface area contributed by atoms with E-state index in [9.17, 15) is 5.11 Å². The molecular weight excluding hydrogens is 286 g/mol. The maximum absolute atomic E-state index is 9.85. The molecule has 21 heavy (non-hydrogen) atoms. The molecular formula is C16H14ClN3O. The number of phenolic OH excluding ortho intramolecular Hbond substituents is 1. The average molecular weight is 300 g/mol. The fourth-order valence-corrected chi connectivity index (χ4v) is 2.94. The van der Waals surface area contributed by atoms with E-state index in [1.54, 1.807) is 12.1 Å². The summed E-state index contributed by atoms with van der Waals surface area (Å²) in [4.78, 5) is 4.70. The molecule has 1 aliphatic carbocycles. The highest BCUT2D eigenvalue weighted by atomic mass is 35.5. The van der Waals surface area contributed by atoms with Crippen LogP contribution in [0.5, 0.6) is 5.75 Å². The number of hydrogen-bond acceptors (Lipinski definition) is 3. The largest absolute Gasteiger partial charge is 0.506 e. The Morgan fingerprint density at radius 1 is 1.24 bits per heavy atom. The second-order valence-electron chi connectivity index (χ2n) is 5.42. The zero-order valence-electron chi connectivity index (χ0n) is 11.3. The molecule has 0 spiro atoms. The molecule has 1 saturated carbocycles. The molecule has 5 heteroatoms. The van der Waals surface area contributed by atoms with Gasteiger partial charge >= 0.3 is 0 Å². The van der Waals surface area contributed by atoms with Gasteiger partial charge in [0.05, 0.1) is 21.7 Å². The van der Waals surface area contributed by atoms with Gasteiger partial charge in [0, 0.05) is 11.6 Å². The van der Waals surface area contributed by atoms with E-state index in [1.807, 2.05) is 24.3 Å². The van der Waals surface area contributed by atoms with Crippen molar-refractivity contribution in [3.63, 3.8) is 0 Å². The molecule has 0 saturated heterocycles. The molecule has 1 heterocycles. The third-order valence-electron chi connectivity index (χ3n) is 3.86. The minimum atomic E-state index is 0.0769. The van der Waals surface area contributed by atoms with Crippen LogP contribution < -0.4 is 5.73 Å². The van der Waals surface area contributed by atoms with Crippen molar-refractivity contribution in [1.82, 2.24) is 9.55 Å². The van der Waals surface area contributed by atoms with Crippen LogP contribution in [0, 0.1) is 0 Å². The fourth-order valence-electron chi connectivity index (χ4n) is 2.68. The van der Waals surface area contributed by atoms with Gasteiger partial charge in [-0.2, -0.15) is 0 Å². The molecule has 1 aliphatic rings. The summed E-state index contributed by atoms with van der Waals surface area (Å²) in [6.07, 6.45) is 2.26. The van der Waals surface area contributed by atoms with Crippen LogP contribution in [-0.4, -0.2) is 14.7 Å². The summed E-state index contributed by atoms with van der Waals surface area (Å²) in [5.41, 5.74) is 8.73. The molecule has 1 aromatic heterocycles. The van der Waals surface area contributed by atoms with Crippen molar-refractivity contribution < 1.29 is 5.11 Å². The number of hydrogen-bond donors (Lipinski definition) is 2. The molecule has 0 bridgehead atoms. The Kier molecular flexibility index (Phi) is 2.62. The third-order valence-corrected chi connectivity index (χ3v) is 4.17. The first kappa shape index (κ1) is 12.5. The molecule has 3 N–H and O–H groups in total. The summed E-state index contributed by atoms with van der Waals surface area (Å²) in [6, 6.07) is 11.4. The van der Waals surface area contributed by atoms with Gasteiger partial charge in [-0.3, -0.25) is 0 Å². The molecule has 1 fully saturated rings. The maximum Gasteiger partial charge on any atom is 0.141 e. The minimum Gasteiger partial charge on any atom is -0.506 e. The molecule has 0 amide bonds. The Morgan fingerprint density at radius 3 is 2.76 bits per heavy atom. The van der Waals surface area contributed by atoms with Crippen molar-refractivity contribution >= 4 is 28.3 Å². The lowest BCUT2D eigenvalue weighted by Crippen LogP contribution is -1.98. The van der Waals surface area contributed by atoms with E-state index in [1.165, 1.54) is 0 Å². The first-order valence-corrected chi connectivity index (χ1v) is 7.28. The molecule has 0 radical (unpaired) electrons. The Labute approximate surface area is 126 Å². The van der Waals surface area contributed by atoms with Gasteiger partial charge in [-0.15, -0.1) is 0 Å². The van der Waals surface area contributed by atoms with Crippen molar-refractivity contribution in [2.24, 2.45) is 0 Å². The van der Waals surface area contributed by atoms with Gasteiger partial charge in [0.25, 0.3) is 0 Å². The Bertz CT molecular complexity index is 852. The van der Waals surface area contributed by atoms with Gasteiger partial charge in [0.2, 0.25) is 0 Å². The highest BCUT2D eigenvalue weighted by Crippen LogP contribution is 2.43. The molecule has 0 unspecified atom stereocenters. The zero-order valence-corrected chi connectivity index (χ0v) is 12.0. The van der Waals surface area contributed by atoms with Crippen molar-refractivity contribution in [2.75, 3.05) is 5.73 Å². The number of nitrogens with two attached hydrogens (primary N) is 1. The predicted octanol–water partition coefficient (Wildman–Crippen LogP) is 3.98. The first-order chi connectivity index (χ1) is 10.1. The number of rotatable bonds is 2. The number of benzene rings is 2. The summed E-state index contributed by atoms with van der Waals surface area (Å²) in [5.74, 6) is 0.906. The zero-order chi connectivity index (χ0) is 14.6. The fraction of sp³-hybridized carbons (Fsp3) is 0.188. The van der Waals surface area contributed by atoms with Crippen LogP contribution in [0.3, 0.4) is 0 Å². The van der Waals surface area contributed by atoms with E-state index in [0.29, 0.717) is 16.8 Å². The lowest BCUT2D eigenvalue weighted by Gasteiger charge is -2.09. The van der Waals surface area contributed by atoms with Crippen LogP contribution in [0.4, 0.5) is 5.69 Å². The number of aromatic hydroxyl groups is 1. The lowest BCUT2D eigenvalue weighted by atomic mass is 10.2. The van der Waals surface area contributed by atoms with E-state index >= 15 is 0 Å². The lowest BCUT2D eigenvalue weighted by molar-refractivity contribution is 0.478. The molecule has 0 aliphatic heterocycles. The van der Waals surface area contributed by atoms with Crippen LogP contribution >= 0.6 is 11.6 Å². The second kappa shape index (κ2) is 4.40. The number of nitrogens with zero attached hydrogens (tertiary/aromatic N) is 2.